The number of benzene rings is 8. The molecule has 1 aliphatic carbocycles. The van der Waals surface area contributed by atoms with E-state index in [9.17, 15) is 0 Å². The Kier molecular flexibility index (Phi) is 7.87. The molecule has 242 valence electrons. The van der Waals surface area contributed by atoms with Gasteiger partial charge in [-0.2, -0.15) is 0 Å². The molecule has 0 bridgehead atoms. The average molecular weight is 652 g/mol. The van der Waals surface area contributed by atoms with Gasteiger partial charge in [-0.25, -0.2) is 0 Å². The summed E-state index contributed by atoms with van der Waals surface area (Å²) >= 11 is 0. The molecule has 1 heteroatoms. The Hall–Kier alpha value is -6.44. The Bertz CT molecular complexity index is 2360. The first-order valence-electron chi connectivity index (χ1n) is 17.7. The van der Waals surface area contributed by atoms with Crippen LogP contribution >= 0.6 is 0 Å². The normalized spacial score (nSPS) is 14.4. The predicted molar refractivity (Wildman–Crippen MR) is 214 cm³/mol. The zero-order valence-corrected chi connectivity index (χ0v) is 28.4. The summed E-state index contributed by atoms with van der Waals surface area (Å²) in [4.78, 5) is 2.38. The number of fused-ring (bicyclic) bond motifs is 3. The second-order valence-electron chi connectivity index (χ2n) is 13.4. The highest BCUT2D eigenvalue weighted by Gasteiger charge is 2.45. The van der Waals surface area contributed by atoms with E-state index in [1.54, 1.807) is 0 Å². The molecule has 0 amide bonds. The zero-order chi connectivity index (χ0) is 34.0. The second kappa shape index (κ2) is 13.1. The van der Waals surface area contributed by atoms with Gasteiger partial charge in [0.05, 0.1) is 5.41 Å². The van der Waals surface area contributed by atoms with Crippen LogP contribution in [-0.4, -0.2) is 0 Å². The van der Waals surface area contributed by atoms with E-state index < -0.39 is 5.41 Å². The Morgan fingerprint density at radius 3 is 1.35 bits per heavy atom. The van der Waals surface area contributed by atoms with E-state index >= 15 is 0 Å². The third kappa shape index (κ3) is 5.54. The third-order valence-corrected chi connectivity index (χ3v) is 10.4. The van der Waals surface area contributed by atoms with Crippen molar-refractivity contribution in [3.63, 3.8) is 0 Å². The summed E-state index contributed by atoms with van der Waals surface area (Å²) in [6.07, 6.45) is 0.842. The van der Waals surface area contributed by atoms with Crippen LogP contribution in [0.15, 0.2) is 212 Å². The van der Waals surface area contributed by atoms with Crippen molar-refractivity contribution in [1.29, 1.82) is 0 Å². The number of hydrogen-bond donors (Lipinski definition) is 0. The largest absolute Gasteiger partial charge is 0.310 e. The Morgan fingerprint density at radius 2 is 0.765 bits per heavy atom. The summed E-state index contributed by atoms with van der Waals surface area (Å²) in [6, 6.07) is 77.4. The van der Waals surface area contributed by atoms with E-state index in [0.717, 1.165) is 23.5 Å². The molecular formula is C50H37N. The van der Waals surface area contributed by atoms with Crippen molar-refractivity contribution in [3.8, 4) is 33.4 Å². The lowest BCUT2D eigenvalue weighted by Crippen LogP contribution is -2.30. The molecule has 0 saturated heterocycles. The van der Waals surface area contributed by atoms with Gasteiger partial charge in [-0.05, 0) is 105 Å². The first-order chi connectivity index (χ1) is 25.3. The lowest BCUT2D eigenvalue weighted by atomic mass is 9.68. The number of nitrogens with zero attached hydrogens (tertiary/aromatic N) is 1. The summed E-state index contributed by atoms with van der Waals surface area (Å²) in [5, 5.41) is 0. The zero-order valence-electron chi connectivity index (χ0n) is 28.4. The number of para-hydroxylation sites is 2. The summed E-state index contributed by atoms with van der Waals surface area (Å²) in [6.45, 7) is 0. The predicted octanol–water partition coefficient (Wildman–Crippen LogP) is 13.0. The lowest BCUT2D eigenvalue weighted by Gasteiger charge is -2.35. The molecule has 0 saturated carbocycles. The number of rotatable bonds is 8. The van der Waals surface area contributed by atoms with E-state index in [1.165, 1.54) is 55.6 Å². The fraction of sp³-hybridized carbons (Fsp3) is 0.0400. The minimum Gasteiger partial charge on any atom is -0.310 e. The molecule has 0 aliphatic heterocycles. The monoisotopic (exact) mass is 651 g/mol. The van der Waals surface area contributed by atoms with E-state index in [2.05, 4.69) is 217 Å². The van der Waals surface area contributed by atoms with E-state index in [1.807, 2.05) is 0 Å². The molecule has 1 nitrogen and oxygen atoms in total. The van der Waals surface area contributed by atoms with Crippen LogP contribution in [0.25, 0.3) is 33.4 Å². The van der Waals surface area contributed by atoms with Crippen LogP contribution in [0, 0.1) is 0 Å². The van der Waals surface area contributed by atoms with E-state index in [4.69, 9.17) is 0 Å². The van der Waals surface area contributed by atoms with Crippen molar-refractivity contribution in [2.75, 3.05) is 4.90 Å². The molecular weight excluding hydrogens is 615 g/mol. The quantitative estimate of drug-likeness (QED) is 0.158. The van der Waals surface area contributed by atoms with Crippen LogP contribution < -0.4 is 4.90 Å². The van der Waals surface area contributed by atoms with Gasteiger partial charge in [0.2, 0.25) is 0 Å². The molecule has 9 rings (SSSR count). The molecule has 0 heterocycles. The van der Waals surface area contributed by atoms with Crippen LogP contribution in [0.1, 0.15) is 22.3 Å². The molecule has 1 unspecified atom stereocenters. The molecule has 51 heavy (non-hydrogen) atoms. The summed E-state index contributed by atoms with van der Waals surface area (Å²) < 4.78 is 0. The van der Waals surface area contributed by atoms with Crippen LogP contribution in [0.5, 0.6) is 0 Å². The molecule has 1 atom stereocenters. The number of anilines is 3. The summed E-state index contributed by atoms with van der Waals surface area (Å²) in [5.41, 5.74) is 15.8. The fourth-order valence-corrected chi connectivity index (χ4v) is 8.03. The van der Waals surface area contributed by atoms with Gasteiger partial charge in [-0.15, -0.1) is 0 Å². The molecule has 1 aliphatic rings. The number of hydrogen-bond acceptors (Lipinski definition) is 1. The molecule has 0 radical (unpaired) electrons. The van der Waals surface area contributed by atoms with Crippen LogP contribution in [0.2, 0.25) is 0 Å². The smallest absolute Gasteiger partial charge is 0.0504 e. The molecule has 0 N–H and O–H groups in total. The lowest BCUT2D eigenvalue weighted by molar-refractivity contribution is 0.630. The van der Waals surface area contributed by atoms with Crippen LogP contribution in [-0.2, 0) is 11.8 Å². The SMILES string of the molecule is c1ccc(CC2(c3ccccc3)c3cc(-c4ccc(-c5ccccc5)cc4)ccc3-c3ccc(N(c4ccccc4)c4ccccc4)cc32)cc1. The Labute approximate surface area is 300 Å². The van der Waals surface area contributed by atoms with Crippen molar-refractivity contribution in [1.82, 2.24) is 0 Å². The van der Waals surface area contributed by atoms with Gasteiger partial charge < -0.3 is 4.90 Å². The maximum atomic E-state index is 2.47. The van der Waals surface area contributed by atoms with E-state index in [-0.39, 0.29) is 0 Å². The van der Waals surface area contributed by atoms with Gasteiger partial charge in [0, 0.05) is 17.1 Å². The minimum absolute atomic E-state index is 0.414. The van der Waals surface area contributed by atoms with Gasteiger partial charge >= 0.3 is 0 Å². The maximum absolute atomic E-state index is 2.47. The van der Waals surface area contributed by atoms with Gasteiger partial charge in [-0.1, -0.05) is 170 Å². The van der Waals surface area contributed by atoms with Gasteiger partial charge in [0.1, 0.15) is 0 Å². The van der Waals surface area contributed by atoms with Crippen molar-refractivity contribution in [3.05, 3.63) is 235 Å². The molecule has 0 fully saturated rings. The molecule has 8 aromatic rings. The van der Waals surface area contributed by atoms with Crippen LogP contribution in [0.3, 0.4) is 0 Å². The average Bonchev–Trinajstić information content (AvgIpc) is 3.48. The first kappa shape index (κ1) is 30.6. The van der Waals surface area contributed by atoms with Crippen LogP contribution in [0.4, 0.5) is 17.1 Å². The topological polar surface area (TPSA) is 3.24 Å². The van der Waals surface area contributed by atoms with E-state index in [0.29, 0.717) is 0 Å². The first-order valence-corrected chi connectivity index (χ1v) is 17.7. The summed E-state index contributed by atoms with van der Waals surface area (Å²) in [7, 11) is 0. The Morgan fingerprint density at radius 1 is 0.333 bits per heavy atom. The minimum atomic E-state index is -0.414. The van der Waals surface area contributed by atoms with Crippen molar-refractivity contribution >= 4 is 17.1 Å². The standard InChI is InChI=1S/C50H37N/c1-6-16-37(17-7-1)36-50(42-20-10-3-11-21-42)48-34-41(40-28-26-39(27-29-40)38-18-8-2-9-19-38)30-32-46(48)47-33-31-45(35-49(47)50)51(43-22-12-4-13-23-43)44-24-14-5-15-25-44/h1-35H,36H2. The fourth-order valence-electron chi connectivity index (χ4n) is 8.03. The molecule has 8 aromatic carbocycles. The molecule has 0 aromatic heterocycles. The highest BCUT2D eigenvalue weighted by molar-refractivity contribution is 5.89. The third-order valence-electron chi connectivity index (χ3n) is 10.4. The van der Waals surface area contributed by atoms with Crippen molar-refractivity contribution in [2.24, 2.45) is 0 Å². The van der Waals surface area contributed by atoms with Gasteiger partial charge in [-0.3, -0.25) is 0 Å². The Balaban J connectivity index is 1.26. The second-order valence-corrected chi connectivity index (χ2v) is 13.4. The summed E-state index contributed by atoms with van der Waals surface area (Å²) in [5.74, 6) is 0. The highest BCUT2D eigenvalue weighted by atomic mass is 15.1. The molecule has 0 spiro atoms. The van der Waals surface area contributed by atoms with Crippen molar-refractivity contribution in [2.45, 2.75) is 11.8 Å². The van der Waals surface area contributed by atoms with Gasteiger partial charge in [0.15, 0.2) is 0 Å². The maximum Gasteiger partial charge on any atom is 0.0504 e. The van der Waals surface area contributed by atoms with Gasteiger partial charge in [0.25, 0.3) is 0 Å². The van der Waals surface area contributed by atoms with Crippen molar-refractivity contribution < 1.29 is 0 Å². The highest BCUT2D eigenvalue weighted by Crippen LogP contribution is 2.56.